The van der Waals surface area contributed by atoms with Crippen molar-refractivity contribution in [2.75, 3.05) is 37.6 Å². The van der Waals surface area contributed by atoms with Gasteiger partial charge in [-0.15, -0.1) is 0 Å². The summed E-state index contributed by atoms with van der Waals surface area (Å²) in [6.45, 7) is 5.67. The summed E-state index contributed by atoms with van der Waals surface area (Å²) in [5, 5.41) is 8.96. The van der Waals surface area contributed by atoms with E-state index in [1.807, 2.05) is 42.2 Å². The Morgan fingerprint density at radius 3 is 2.49 bits per heavy atom. The van der Waals surface area contributed by atoms with Crippen molar-refractivity contribution in [1.82, 2.24) is 4.90 Å². The minimum absolute atomic E-state index is 0.0736. The van der Waals surface area contributed by atoms with Gasteiger partial charge in [0, 0.05) is 49.9 Å². The molecule has 0 aromatic heterocycles. The van der Waals surface area contributed by atoms with Crippen molar-refractivity contribution >= 4 is 12.0 Å². The zero-order valence-corrected chi connectivity index (χ0v) is 19.8. The highest BCUT2D eigenvalue weighted by Crippen LogP contribution is 2.27. The predicted octanol–water partition coefficient (Wildman–Crippen LogP) is 4.22. The van der Waals surface area contributed by atoms with Crippen molar-refractivity contribution in [3.05, 3.63) is 94.3 Å². The molecule has 1 aliphatic rings. The number of nitriles is 1. The Kier molecular flexibility index (Phi) is 7.76. The molecule has 1 fully saturated rings. The third-order valence-corrected chi connectivity index (χ3v) is 6.61. The van der Waals surface area contributed by atoms with Crippen molar-refractivity contribution in [2.24, 2.45) is 5.73 Å². The Bertz CT molecular complexity index is 1210. The Balaban J connectivity index is 1.36. The van der Waals surface area contributed by atoms with Gasteiger partial charge in [-0.25, -0.2) is 4.39 Å². The van der Waals surface area contributed by atoms with Crippen LogP contribution in [-0.2, 0) is 6.61 Å². The lowest BCUT2D eigenvalue weighted by Gasteiger charge is -2.40. The van der Waals surface area contributed by atoms with Gasteiger partial charge in [0.15, 0.2) is 0 Å². The number of nitrogens with zero attached hydrogens (tertiary/aromatic N) is 3. The van der Waals surface area contributed by atoms with E-state index < -0.39 is 0 Å². The highest BCUT2D eigenvalue weighted by molar-refractivity contribution is 5.78. The summed E-state index contributed by atoms with van der Waals surface area (Å²) in [6.07, 6.45) is 0.838. The molecule has 0 aliphatic carbocycles. The summed E-state index contributed by atoms with van der Waals surface area (Å²) in [5.41, 5.74) is 10.6. The lowest BCUT2D eigenvalue weighted by molar-refractivity contribution is 0.112. The normalized spacial score (nSPS) is 14.9. The summed E-state index contributed by atoms with van der Waals surface area (Å²) in [7, 11) is 0. The van der Waals surface area contributed by atoms with Crippen LogP contribution in [0.1, 0.15) is 38.7 Å². The Morgan fingerprint density at radius 1 is 1.11 bits per heavy atom. The number of anilines is 1. The Hall–Kier alpha value is -3.73. The second-order valence-electron chi connectivity index (χ2n) is 8.67. The van der Waals surface area contributed by atoms with Gasteiger partial charge in [-0.2, -0.15) is 5.26 Å². The first kappa shape index (κ1) is 24.4. The van der Waals surface area contributed by atoms with E-state index in [2.05, 4.69) is 17.0 Å². The van der Waals surface area contributed by atoms with Crippen LogP contribution in [0.25, 0.3) is 0 Å². The SMILES string of the molecule is Cc1c(C=O)cccc1OCc1ccc(C(CN)N2CCN(c3ccc(C#N)cc3F)CC2)cc1. The van der Waals surface area contributed by atoms with Crippen LogP contribution in [0.3, 0.4) is 0 Å². The van der Waals surface area contributed by atoms with E-state index in [1.54, 1.807) is 18.2 Å². The minimum Gasteiger partial charge on any atom is -0.489 e. The maximum absolute atomic E-state index is 14.4. The molecule has 1 heterocycles. The molecule has 3 aromatic carbocycles. The van der Waals surface area contributed by atoms with E-state index in [9.17, 15) is 9.18 Å². The maximum atomic E-state index is 14.4. The van der Waals surface area contributed by atoms with Gasteiger partial charge in [-0.05, 0) is 42.3 Å². The van der Waals surface area contributed by atoms with Gasteiger partial charge < -0.3 is 15.4 Å². The van der Waals surface area contributed by atoms with Crippen LogP contribution < -0.4 is 15.4 Å². The van der Waals surface area contributed by atoms with E-state index in [0.29, 0.717) is 48.8 Å². The molecule has 0 radical (unpaired) electrons. The number of carbonyl (C=O) groups is 1. The smallest absolute Gasteiger partial charge is 0.150 e. The standard InChI is InChI=1S/C28H29FN4O2/c1-20-24(18-34)3-2-4-28(20)35-19-21-5-8-23(9-6-21)27(17-31)33-13-11-32(12-14-33)26-10-7-22(16-30)15-25(26)29/h2-10,15,18,27H,11-14,17,19,31H2,1H3. The van der Waals surface area contributed by atoms with E-state index in [4.69, 9.17) is 15.7 Å². The van der Waals surface area contributed by atoms with Gasteiger partial charge in [0.05, 0.1) is 17.3 Å². The molecule has 1 saturated heterocycles. The molecule has 6 nitrogen and oxygen atoms in total. The molecular weight excluding hydrogens is 443 g/mol. The van der Waals surface area contributed by atoms with Gasteiger partial charge in [0.2, 0.25) is 0 Å². The molecule has 0 bridgehead atoms. The van der Waals surface area contributed by atoms with Crippen LogP contribution in [0.15, 0.2) is 60.7 Å². The molecule has 35 heavy (non-hydrogen) atoms. The number of hydrogen-bond acceptors (Lipinski definition) is 6. The summed E-state index contributed by atoms with van der Waals surface area (Å²) in [4.78, 5) is 15.5. The molecular formula is C28H29FN4O2. The quantitative estimate of drug-likeness (QED) is 0.495. The van der Waals surface area contributed by atoms with E-state index in [0.717, 1.165) is 36.1 Å². The summed E-state index contributed by atoms with van der Waals surface area (Å²) in [5.74, 6) is 0.342. The number of carbonyl (C=O) groups excluding carboxylic acids is 1. The molecule has 0 spiro atoms. The third-order valence-electron chi connectivity index (χ3n) is 6.61. The maximum Gasteiger partial charge on any atom is 0.150 e. The van der Waals surface area contributed by atoms with Crippen molar-refractivity contribution in [1.29, 1.82) is 5.26 Å². The second-order valence-corrected chi connectivity index (χ2v) is 8.67. The fourth-order valence-electron chi connectivity index (χ4n) is 4.52. The van der Waals surface area contributed by atoms with Gasteiger partial charge in [0.25, 0.3) is 0 Å². The first-order valence-electron chi connectivity index (χ1n) is 11.7. The molecule has 0 saturated carbocycles. The highest BCUT2D eigenvalue weighted by Gasteiger charge is 2.25. The van der Waals surface area contributed by atoms with Crippen molar-refractivity contribution in [2.45, 2.75) is 19.6 Å². The molecule has 0 amide bonds. The number of rotatable bonds is 8. The second kappa shape index (κ2) is 11.1. The number of aldehydes is 1. The number of hydrogen-bond donors (Lipinski definition) is 1. The Morgan fingerprint density at radius 2 is 1.86 bits per heavy atom. The van der Waals surface area contributed by atoms with Crippen LogP contribution in [0, 0.1) is 24.1 Å². The van der Waals surface area contributed by atoms with Crippen LogP contribution in [0.2, 0.25) is 0 Å². The molecule has 1 atom stereocenters. The van der Waals surface area contributed by atoms with Crippen LogP contribution >= 0.6 is 0 Å². The van der Waals surface area contributed by atoms with Gasteiger partial charge in [0.1, 0.15) is 24.5 Å². The Labute approximate surface area is 205 Å². The predicted molar refractivity (Wildman–Crippen MR) is 134 cm³/mol. The minimum atomic E-state index is -0.362. The van der Waals surface area contributed by atoms with Crippen molar-refractivity contribution in [3.63, 3.8) is 0 Å². The van der Waals surface area contributed by atoms with Crippen LogP contribution in [0.5, 0.6) is 5.75 Å². The summed E-state index contributed by atoms with van der Waals surface area (Å²) in [6, 6.07) is 20.4. The van der Waals surface area contributed by atoms with Crippen LogP contribution in [0.4, 0.5) is 10.1 Å². The summed E-state index contributed by atoms with van der Waals surface area (Å²) < 4.78 is 20.4. The van der Waals surface area contributed by atoms with Gasteiger partial charge in [-0.1, -0.05) is 36.4 Å². The largest absolute Gasteiger partial charge is 0.489 e. The van der Waals surface area contributed by atoms with Crippen molar-refractivity contribution in [3.8, 4) is 11.8 Å². The van der Waals surface area contributed by atoms with Gasteiger partial charge in [-0.3, -0.25) is 9.69 Å². The van der Waals surface area contributed by atoms with E-state index >= 15 is 0 Å². The number of ether oxygens (including phenoxy) is 1. The molecule has 180 valence electrons. The van der Waals surface area contributed by atoms with Gasteiger partial charge >= 0.3 is 0 Å². The van der Waals surface area contributed by atoms with E-state index in [-0.39, 0.29) is 11.9 Å². The average Bonchev–Trinajstić information content (AvgIpc) is 2.89. The first-order chi connectivity index (χ1) is 17.0. The zero-order valence-electron chi connectivity index (χ0n) is 19.8. The monoisotopic (exact) mass is 472 g/mol. The average molecular weight is 473 g/mol. The number of halogens is 1. The summed E-state index contributed by atoms with van der Waals surface area (Å²) >= 11 is 0. The molecule has 1 aliphatic heterocycles. The lowest BCUT2D eigenvalue weighted by atomic mass is 10.0. The van der Waals surface area contributed by atoms with E-state index in [1.165, 1.54) is 6.07 Å². The fraction of sp³-hybridized carbons (Fsp3) is 0.286. The van der Waals surface area contributed by atoms with Crippen LogP contribution in [-0.4, -0.2) is 43.9 Å². The molecule has 3 aromatic rings. The lowest BCUT2D eigenvalue weighted by Crippen LogP contribution is -2.49. The number of piperazine rings is 1. The molecule has 4 rings (SSSR count). The topological polar surface area (TPSA) is 82.6 Å². The zero-order chi connectivity index (χ0) is 24.8. The molecule has 1 unspecified atom stereocenters. The molecule has 2 N–H and O–H groups in total. The highest BCUT2D eigenvalue weighted by atomic mass is 19.1. The van der Waals surface area contributed by atoms with Crippen molar-refractivity contribution < 1.29 is 13.9 Å². The fourth-order valence-corrected chi connectivity index (χ4v) is 4.52. The molecule has 7 heteroatoms. The third kappa shape index (κ3) is 5.51. The first-order valence-corrected chi connectivity index (χ1v) is 11.7. The number of nitrogens with two attached hydrogens (primary N) is 1. The number of benzene rings is 3.